The molecule has 2 unspecified atom stereocenters. The van der Waals surface area contributed by atoms with Crippen LogP contribution < -0.4 is 0 Å². The minimum Gasteiger partial charge on any atom is -0.392 e. The standard InChI is InChI=1S/C10H11FINO3S/c1-5(14)6(2)17-10-3-7(11)8(12)4-9(10)13(15)16/h3-6,14H,1-2H3. The summed E-state index contributed by atoms with van der Waals surface area (Å²) in [6.45, 7) is 3.32. The first kappa shape index (κ1) is 14.7. The highest BCUT2D eigenvalue weighted by molar-refractivity contribution is 14.1. The van der Waals surface area contributed by atoms with Crippen molar-refractivity contribution in [2.24, 2.45) is 0 Å². The van der Waals surface area contributed by atoms with Crippen molar-refractivity contribution in [3.8, 4) is 0 Å². The molecule has 2 atom stereocenters. The Labute approximate surface area is 116 Å². The lowest BCUT2D eigenvalue weighted by molar-refractivity contribution is -0.387. The number of hydrogen-bond acceptors (Lipinski definition) is 4. The number of hydrogen-bond donors (Lipinski definition) is 1. The maximum absolute atomic E-state index is 13.4. The first-order valence-corrected chi connectivity index (χ1v) is 6.77. The zero-order valence-electron chi connectivity index (χ0n) is 9.18. The van der Waals surface area contributed by atoms with E-state index in [4.69, 9.17) is 0 Å². The summed E-state index contributed by atoms with van der Waals surface area (Å²) in [6.07, 6.45) is -0.623. The van der Waals surface area contributed by atoms with Crippen molar-refractivity contribution < 1.29 is 14.4 Å². The van der Waals surface area contributed by atoms with Gasteiger partial charge in [-0.2, -0.15) is 0 Å². The zero-order chi connectivity index (χ0) is 13.2. The molecular formula is C10H11FINO3S. The van der Waals surface area contributed by atoms with Crippen molar-refractivity contribution in [1.29, 1.82) is 0 Å². The average Bonchev–Trinajstić information content (AvgIpc) is 2.22. The minimum absolute atomic E-state index is 0.131. The van der Waals surface area contributed by atoms with Crippen LogP contribution in [0.2, 0.25) is 0 Å². The van der Waals surface area contributed by atoms with E-state index in [1.165, 1.54) is 6.07 Å². The van der Waals surface area contributed by atoms with Gasteiger partial charge in [-0.1, -0.05) is 6.92 Å². The quantitative estimate of drug-likeness (QED) is 0.382. The summed E-state index contributed by atoms with van der Waals surface area (Å²) in [5, 5.41) is 19.9. The van der Waals surface area contributed by atoms with Crippen LogP contribution in [0.1, 0.15) is 13.8 Å². The van der Waals surface area contributed by atoms with Crippen LogP contribution >= 0.6 is 34.4 Å². The summed E-state index contributed by atoms with van der Waals surface area (Å²) in [5.41, 5.74) is -0.131. The Kier molecular flexibility index (Phi) is 5.14. The molecule has 1 aromatic carbocycles. The molecule has 1 rings (SSSR count). The largest absolute Gasteiger partial charge is 0.392 e. The van der Waals surface area contributed by atoms with Crippen molar-refractivity contribution in [1.82, 2.24) is 0 Å². The number of nitro benzene ring substituents is 1. The normalized spacial score (nSPS) is 14.4. The average molecular weight is 371 g/mol. The van der Waals surface area contributed by atoms with E-state index in [9.17, 15) is 19.6 Å². The molecule has 0 aliphatic rings. The van der Waals surface area contributed by atoms with Crippen LogP contribution in [0.3, 0.4) is 0 Å². The molecule has 0 bridgehead atoms. The lowest BCUT2D eigenvalue weighted by Crippen LogP contribution is -2.15. The summed E-state index contributed by atoms with van der Waals surface area (Å²) < 4.78 is 13.6. The molecule has 0 aliphatic carbocycles. The first-order chi connectivity index (χ1) is 7.82. The van der Waals surface area contributed by atoms with Crippen molar-refractivity contribution in [3.05, 3.63) is 31.6 Å². The van der Waals surface area contributed by atoms with E-state index in [-0.39, 0.29) is 19.4 Å². The number of nitrogens with zero attached hydrogens (tertiary/aromatic N) is 1. The van der Waals surface area contributed by atoms with Gasteiger partial charge in [0.05, 0.1) is 19.5 Å². The maximum Gasteiger partial charge on any atom is 0.284 e. The Balaban J connectivity index is 3.13. The second-order valence-corrected chi connectivity index (χ2v) is 6.14. The smallest absolute Gasteiger partial charge is 0.284 e. The van der Waals surface area contributed by atoms with E-state index >= 15 is 0 Å². The Morgan fingerprint density at radius 2 is 2.12 bits per heavy atom. The third kappa shape index (κ3) is 3.78. The fourth-order valence-electron chi connectivity index (χ4n) is 1.05. The molecule has 1 N–H and O–H groups in total. The molecule has 1 aromatic rings. The van der Waals surface area contributed by atoms with Gasteiger partial charge in [-0.25, -0.2) is 4.39 Å². The van der Waals surface area contributed by atoms with Gasteiger partial charge in [0.1, 0.15) is 5.82 Å². The molecule has 0 aliphatic heterocycles. The highest BCUT2D eigenvalue weighted by Gasteiger charge is 2.21. The number of nitro groups is 1. The van der Waals surface area contributed by atoms with Crippen molar-refractivity contribution in [2.45, 2.75) is 30.1 Å². The summed E-state index contributed by atoms with van der Waals surface area (Å²) in [5.74, 6) is -0.489. The van der Waals surface area contributed by atoms with E-state index in [1.54, 1.807) is 36.4 Å². The molecule has 94 valence electrons. The predicted molar refractivity (Wildman–Crippen MR) is 72.8 cm³/mol. The Hall–Kier alpha value is -0.410. The van der Waals surface area contributed by atoms with Gasteiger partial charge in [-0.05, 0) is 35.6 Å². The predicted octanol–water partition coefficient (Wildman–Crippen LogP) is 3.20. The van der Waals surface area contributed by atoms with Gasteiger partial charge < -0.3 is 5.11 Å². The van der Waals surface area contributed by atoms with Crippen molar-refractivity contribution in [2.75, 3.05) is 0 Å². The molecule has 0 heterocycles. The van der Waals surface area contributed by atoms with Gasteiger partial charge in [0.2, 0.25) is 0 Å². The van der Waals surface area contributed by atoms with Crippen LogP contribution in [0, 0.1) is 19.5 Å². The van der Waals surface area contributed by atoms with Crippen LogP contribution in [-0.2, 0) is 0 Å². The molecule has 0 radical (unpaired) electrons. The summed E-state index contributed by atoms with van der Waals surface area (Å²) in [6, 6.07) is 2.34. The molecule has 7 heteroatoms. The monoisotopic (exact) mass is 371 g/mol. The van der Waals surface area contributed by atoms with Crippen molar-refractivity contribution in [3.63, 3.8) is 0 Å². The number of benzene rings is 1. The lowest BCUT2D eigenvalue weighted by Gasteiger charge is -2.14. The minimum atomic E-state index is -0.623. The van der Waals surface area contributed by atoms with Crippen LogP contribution in [0.15, 0.2) is 17.0 Å². The summed E-state index contributed by atoms with van der Waals surface area (Å²) in [4.78, 5) is 10.5. The third-order valence-electron chi connectivity index (χ3n) is 2.19. The lowest BCUT2D eigenvalue weighted by atomic mass is 10.3. The summed E-state index contributed by atoms with van der Waals surface area (Å²) >= 11 is 2.80. The van der Waals surface area contributed by atoms with Gasteiger partial charge >= 0.3 is 0 Å². The van der Waals surface area contributed by atoms with Gasteiger partial charge in [-0.15, -0.1) is 11.8 Å². The number of halogens is 2. The van der Waals surface area contributed by atoms with Gasteiger partial charge in [-0.3, -0.25) is 10.1 Å². The summed E-state index contributed by atoms with van der Waals surface area (Å²) in [7, 11) is 0. The zero-order valence-corrected chi connectivity index (χ0v) is 12.2. The van der Waals surface area contributed by atoms with Crippen LogP contribution in [0.25, 0.3) is 0 Å². The van der Waals surface area contributed by atoms with E-state index in [2.05, 4.69) is 0 Å². The number of thioether (sulfide) groups is 1. The highest BCUT2D eigenvalue weighted by Crippen LogP contribution is 2.35. The van der Waals surface area contributed by atoms with Gasteiger partial charge in [0, 0.05) is 11.3 Å². The van der Waals surface area contributed by atoms with E-state index in [0.717, 1.165) is 17.8 Å². The Bertz CT molecular complexity index is 442. The van der Waals surface area contributed by atoms with Crippen molar-refractivity contribution >= 4 is 40.0 Å². The molecule has 4 nitrogen and oxygen atoms in total. The molecule has 17 heavy (non-hydrogen) atoms. The number of rotatable bonds is 4. The van der Waals surface area contributed by atoms with E-state index in [0.29, 0.717) is 0 Å². The molecule has 0 amide bonds. The van der Waals surface area contributed by atoms with Crippen LogP contribution in [-0.4, -0.2) is 21.4 Å². The Morgan fingerprint density at radius 1 is 1.53 bits per heavy atom. The maximum atomic E-state index is 13.4. The SMILES string of the molecule is CC(O)C(C)Sc1cc(F)c(I)cc1[N+](=O)[O-]. The third-order valence-corrected chi connectivity index (χ3v) is 4.36. The first-order valence-electron chi connectivity index (χ1n) is 4.81. The Morgan fingerprint density at radius 3 is 2.59 bits per heavy atom. The molecular weight excluding hydrogens is 360 g/mol. The van der Waals surface area contributed by atoms with Gasteiger partial charge in [0.25, 0.3) is 5.69 Å². The van der Waals surface area contributed by atoms with Gasteiger partial charge in [0.15, 0.2) is 0 Å². The fraction of sp³-hybridized carbons (Fsp3) is 0.400. The molecule has 0 aromatic heterocycles. The number of aliphatic hydroxyl groups is 1. The topological polar surface area (TPSA) is 63.4 Å². The van der Waals surface area contributed by atoms with E-state index < -0.39 is 16.8 Å². The second kappa shape index (κ2) is 5.96. The molecule has 0 saturated carbocycles. The number of aliphatic hydroxyl groups excluding tert-OH is 1. The van der Waals surface area contributed by atoms with E-state index in [1.807, 2.05) is 0 Å². The molecule has 0 saturated heterocycles. The van der Waals surface area contributed by atoms with Crippen LogP contribution in [0.5, 0.6) is 0 Å². The van der Waals surface area contributed by atoms with Crippen LogP contribution in [0.4, 0.5) is 10.1 Å². The fourth-order valence-corrected chi connectivity index (χ4v) is 2.53. The highest BCUT2D eigenvalue weighted by atomic mass is 127. The second-order valence-electron chi connectivity index (χ2n) is 3.55. The molecule has 0 spiro atoms. The molecule has 0 fully saturated rings.